The molecule has 0 radical (unpaired) electrons. The highest BCUT2D eigenvalue weighted by Crippen LogP contribution is 2.36. The van der Waals surface area contributed by atoms with E-state index in [0.29, 0.717) is 11.2 Å². The number of hydrogen-bond acceptors (Lipinski definition) is 3. The molecule has 0 bridgehead atoms. The maximum absolute atomic E-state index is 5.90. The standard InChI is InChI=1S/C13H21N3/c1-3-13(2)6-9-16(10-7-13)11-5-4-8-15-12(11)14/h4-5,8H,3,6-7,9-10H2,1-2H3,(H2,14,15). The highest BCUT2D eigenvalue weighted by atomic mass is 15.2. The van der Waals surface area contributed by atoms with Gasteiger partial charge < -0.3 is 10.6 Å². The molecule has 3 nitrogen and oxygen atoms in total. The second-order valence-corrected chi connectivity index (χ2v) is 5.06. The molecule has 1 aromatic rings. The SMILES string of the molecule is CCC1(C)CCN(c2cccnc2N)CC1. The predicted octanol–water partition coefficient (Wildman–Crippen LogP) is 2.68. The fourth-order valence-electron chi connectivity index (χ4n) is 2.32. The van der Waals surface area contributed by atoms with Gasteiger partial charge in [-0.05, 0) is 30.4 Å². The van der Waals surface area contributed by atoms with Crippen LogP contribution in [0.3, 0.4) is 0 Å². The van der Waals surface area contributed by atoms with Crippen LogP contribution < -0.4 is 10.6 Å². The zero-order chi connectivity index (χ0) is 11.6. The molecule has 0 atom stereocenters. The first kappa shape index (κ1) is 11.2. The van der Waals surface area contributed by atoms with E-state index in [1.807, 2.05) is 6.07 Å². The Balaban J connectivity index is 2.07. The van der Waals surface area contributed by atoms with Crippen LogP contribution in [0.4, 0.5) is 11.5 Å². The van der Waals surface area contributed by atoms with Crippen molar-refractivity contribution in [2.75, 3.05) is 23.7 Å². The molecule has 1 aliphatic heterocycles. The average Bonchev–Trinajstić information content (AvgIpc) is 2.31. The van der Waals surface area contributed by atoms with Crippen molar-refractivity contribution in [3.8, 4) is 0 Å². The van der Waals surface area contributed by atoms with Crippen molar-refractivity contribution in [2.24, 2.45) is 5.41 Å². The van der Waals surface area contributed by atoms with Crippen LogP contribution in [0.1, 0.15) is 33.1 Å². The van der Waals surface area contributed by atoms with Crippen LogP contribution >= 0.6 is 0 Å². The number of piperidine rings is 1. The van der Waals surface area contributed by atoms with Crippen molar-refractivity contribution in [3.05, 3.63) is 18.3 Å². The summed E-state index contributed by atoms with van der Waals surface area (Å²) in [5.41, 5.74) is 7.52. The van der Waals surface area contributed by atoms with E-state index in [0.717, 1.165) is 18.8 Å². The third-order valence-corrected chi connectivity index (χ3v) is 3.98. The number of rotatable bonds is 2. The molecule has 2 rings (SSSR count). The van der Waals surface area contributed by atoms with Crippen LogP contribution in [0.15, 0.2) is 18.3 Å². The number of pyridine rings is 1. The first-order chi connectivity index (χ1) is 7.64. The Morgan fingerprint density at radius 3 is 2.69 bits per heavy atom. The Morgan fingerprint density at radius 1 is 1.44 bits per heavy atom. The van der Waals surface area contributed by atoms with E-state index in [4.69, 9.17) is 5.73 Å². The van der Waals surface area contributed by atoms with Gasteiger partial charge in [-0.2, -0.15) is 0 Å². The molecule has 2 heterocycles. The monoisotopic (exact) mass is 219 g/mol. The predicted molar refractivity (Wildman–Crippen MR) is 68.5 cm³/mol. The fourth-order valence-corrected chi connectivity index (χ4v) is 2.32. The summed E-state index contributed by atoms with van der Waals surface area (Å²) in [7, 11) is 0. The van der Waals surface area contributed by atoms with Crippen molar-refractivity contribution in [1.29, 1.82) is 0 Å². The summed E-state index contributed by atoms with van der Waals surface area (Å²) < 4.78 is 0. The van der Waals surface area contributed by atoms with Gasteiger partial charge in [-0.3, -0.25) is 0 Å². The Morgan fingerprint density at radius 2 is 2.12 bits per heavy atom. The van der Waals surface area contributed by atoms with E-state index in [1.54, 1.807) is 6.20 Å². The summed E-state index contributed by atoms with van der Waals surface area (Å²) in [5, 5.41) is 0. The van der Waals surface area contributed by atoms with E-state index in [1.165, 1.54) is 19.3 Å². The number of hydrogen-bond donors (Lipinski definition) is 1. The summed E-state index contributed by atoms with van der Waals surface area (Å²) in [6.45, 7) is 6.87. The van der Waals surface area contributed by atoms with Crippen molar-refractivity contribution < 1.29 is 0 Å². The maximum atomic E-state index is 5.90. The highest BCUT2D eigenvalue weighted by Gasteiger charge is 2.28. The van der Waals surface area contributed by atoms with E-state index < -0.39 is 0 Å². The largest absolute Gasteiger partial charge is 0.382 e. The molecule has 0 spiro atoms. The van der Waals surface area contributed by atoms with Crippen molar-refractivity contribution in [1.82, 2.24) is 4.98 Å². The van der Waals surface area contributed by atoms with E-state index in [-0.39, 0.29) is 0 Å². The lowest BCUT2D eigenvalue weighted by Crippen LogP contribution is -2.38. The molecule has 2 N–H and O–H groups in total. The minimum Gasteiger partial charge on any atom is -0.382 e. The van der Waals surface area contributed by atoms with Crippen molar-refractivity contribution in [2.45, 2.75) is 33.1 Å². The normalized spacial score (nSPS) is 19.8. The third-order valence-electron chi connectivity index (χ3n) is 3.98. The lowest BCUT2D eigenvalue weighted by Gasteiger charge is -2.40. The topological polar surface area (TPSA) is 42.2 Å². The molecule has 0 aromatic carbocycles. The van der Waals surface area contributed by atoms with Gasteiger partial charge in [0.15, 0.2) is 0 Å². The number of aromatic nitrogens is 1. The van der Waals surface area contributed by atoms with Crippen molar-refractivity contribution >= 4 is 11.5 Å². The molecular weight excluding hydrogens is 198 g/mol. The van der Waals surface area contributed by atoms with E-state index >= 15 is 0 Å². The lowest BCUT2D eigenvalue weighted by molar-refractivity contribution is 0.238. The fraction of sp³-hybridized carbons (Fsp3) is 0.615. The van der Waals surface area contributed by atoms with Crippen LogP contribution in [-0.2, 0) is 0 Å². The van der Waals surface area contributed by atoms with Crippen LogP contribution in [0.5, 0.6) is 0 Å². The van der Waals surface area contributed by atoms with E-state index in [9.17, 15) is 0 Å². The van der Waals surface area contributed by atoms with Gasteiger partial charge in [0.05, 0.1) is 5.69 Å². The zero-order valence-electron chi connectivity index (χ0n) is 10.2. The van der Waals surface area contributed by atoms with Gasteiger partial charge in [0.1, 0.15) is 5.82 Å². The number of anilines is 2. The Hall–Kier alpha value is -1.25. The second kappa shape index (κ2) is 4.32. The van der Waals surface area contributed by atoms with Gasteiger partial charge in [0, 0.05) is 19.3 Å². The summed E-state index contributed by atoms with van der Waals surface area (Å²) >= 11 is 0. The molecule has 88 valence electrons. The second-order valence-electron chi connectivity index (χ2n) is 5.06. The van der Waals surface area contributed by atoms with Crippen molar-refractivity contribution in [3.63, 3.8) is 0 Å². The van der Waals surface area contributed by atoms with Crippen LogP contribution in [0.25, 0.3) is 0 Å². The van der Waals surface area contributed by atoms with Gasteiger partial charge in [0.2, 0.25) is 0 Å². The van der Waals surface area contributed by atoms with Gasteiger partial charge in [0.25, 0.3) is 0 Å². The Labute approximate surface area is 97.7 Å². The molecule has 16 heavy (non-hydrogen) atoms. The van der Waals surface area contributed by atoms with Gasteiger partial charge in [-0.1, -0.05) is 20.3 Å². The molecule has 1 saturated heterocycles. The molecule has 0 saturated carbocycles. The smallest absolute Gasteiger partial charge is 0.146 e. The molecule has 0 unspecified atom stereocenters. The van der Waals surface area contributed by atoms with Gasteiger partial charge in [-0.15, -0.1) is 0 Å². The number of nitrogens with zero attached hydrogens (tertiary/aromatic N) is 2. The summed E-state index contributed by atoms with van der Waals surface area (Å²) in [6, 6.07) is 4.02. The summed E-state index contributed by atoms with van der Waals surface area (Å²) in [5.74, 6) is 0.655. The molecule has 1 aliphatic rings. The molecule has 3 heteroatoms. The summed E-state index contributed by atoms with van der Waals surface area (Å²) in [6.07, 6.45) is 5.51. The molecule has 1 aromatic heterocycles. The minimum absolute atomic E-state index is 0.521. The summed E-state index contributed by atoms with van der Waals surface area (Å²) in [4.78, 5) is 6.51. The molecule has 0 amide bonds. The van der Waals surface area contributed by atoms with Crippen LogP contribution in [0, 0.1) is 5.41 Å². The highest BCUT2D eigenvalue weighted by molar-refractivity contribution is 5.63. The molecule has 1 fully saturated rings. The Kier molecular flexibility index (Phi) is 3.03. The average molecular weight is 219 g/mol. The zero-order valence-corrected chi connectivity index (χ0v) is 10.2. The van der Waals surface area contributed by atoms with Gasteiger partial charge in [-0.25, -0.2) is 4.98 Å². The first-order valence-corrected chi connectivity index (χ1v) is 6.10. The van der Waals surface area contributed by atoms with Gasteiger partial charge >= 0.3 is 0 Å². The maximum Gasteiger partial charge on any atom is 0.146 e. The third kappa shape index (κ3) is 2.13. The first-order valence-electron chi connectivity index (χ1n) is 6.10. The molecular formula is C13H21N3. The number of nitrogen functional groups attached to an aromatic ring is 1. The van der Waals surface area contributed by atoms with Crippen LogP contribution in [-0.4, -0.2) is 18.1 Å². The Bertz CT molecular complexity index is 354. The quantitative estimate of drug-likeness (QED) is 0.831. The minimum atomic E-state index is 0.521. The van der Waals surface area contributed by atoms with E-state index in [2.05, 4.69) is 29.8 Å². The van der Waals surface area contributed by atoms with Crippen LogP contribution in [0.2, 0.25) is 0 Å². The number of nitrogens with two attached hydrogens (primary N) is 1. The lowest BCUT2D eigenvalue weighted by atomic mass is 9.78. The molecule has 0 aliphatic carbocycles.